The first-order valence-corrected chi connectivity index (χ1v) is 6.02. The number of hydrogen-bond acceptors (Lipinski definition) is 2. The molecule has 1 aromatic rings. The Balaban J connectivity index is 1.75. The van der Waals surface area contributed by atoms with Crippen molar-refractivity contribution in [1.82, 2.24) is 5.32 Å². The molecule has 0 saturated carbocycles. The molecule has 1 aromatic carbocycles. The van der Waals surface area contributed by atoms with E-state index >= 15 is 0 Å². The number of benzene rings is 1. The van der Waals surface area contributed by atoms with Gasteiger partial charge in [0.15, 0.2) is 11.6 Å². The molecular weight excluding hydrogens is 224 g/mol. The molecule has 0 radical (unpaired) electrons. The van der Waals surface area contributed by atoms with Gasteiger partial charge in [-0.05, 0) is 37.0 Å². The number of ether oxygens (including phenoxy) is 1. The molecule has 2 rings (SSSR count). The van der Waals surface area contributed by atoms with Crippen LogP contribution in [0.1, 0.15) is 24.8 Å². The third-order valence-electron chi connectivity index (χ3n) is 2.96. The average Bonchev–Trinajstić information content (AvgIpc) is 2.35. The Bertz CT molecular complexity index is 364. The van der Waals surface area contributed by atoms with E-state index in [0.717, 1.165) is 37.6 Å². The fourth-order valence-corrected chi connectivity index (χ4v) is 2.00. The monoisotopic (exact) mass is 241 g/mol. The highest BCUT2D eigenvalue weighted by molar-refractivity contribution is 5.17. The molecule has 1 fully saturated rings. The predicted molar refractivity (Wildman–Crippen MR) is 61.7 cm³/mol. The third kappa shape index (κ3) is 3.75. The summed E-state index contributed by atoms with van der Waals surface area (Å²) in [6.45, 7) is 2.13. The van der Waals surface area contributed by atoms with E-state index in [9.17, 15) is 8.78 Å². The highest BCUT2D eigenvalue weighted by atomic mass is 19.2. The number of hydrogen-bond donors (Lipinski definition) is 1. The fourth-order valence-electron chi connectivity index (χ4n) is 2.00. The van der Waals surface area contributed by atoms with Gasteiger partial charge in [-0.15, -0.1) is 0 Å². The molecular formula is C13H17F2NO. The van der Waals surface area contributed by atoms with Crippen molar-refractivity contribution in [2.24, 2.45) is 0 Å². The molecule has 1 N–H and O–H groups in total. The van der Waals surface area contributed by atoms with E-state index in [4.69, 9.17) is 4.74 Å². The van der Waals surface area contributed by atoms with Crippen molar-refractivity contribution in [3.05, 3.63) is 35.4 Å². The van der Waals surface area contributed by atoms with E-state index in [1.165, 1.54) is 12.5 Å². The number of rotatable bonds is 4. The van der Waals surface area contributed by atoms with Crippen LogP contribution >= 0.6 is 0 Å². The van der Waals surface area contributed by atoms with Crippen LogP contribution in [0.3, 0.4) is 0 Å². The van der Waals surface area contributed by atoms with Gasteiger partial charge >= 0.3 is 0 Å². The molecule has 0 spiro atoms. The zero-order valence-electron chi connectivity index (χ0n) is 9.72. The van der Waals surface area contributed by atoms with Crippen LogP contribution in [0.15, 0.2) is 18.2 Å². The smallest absolute Gasteiger partial charge is 0.159 e. The number of halogens is 2. The molecule has 1 aliphatic heterocycles. The van der Waals surface area contributed by atoms with E-state index in [2.05, 4.69) is 5.32 Å². The Morgan fingerprint density at radius 3 is 2.82 bits per heavy atom. The summed E-state index contributed by atoms with van der Waals surface area (Å²) in [6, 6.07) is 3.97. The van der Waals surface area contributed by atoms with Crippen LogP contribution in [0.4, 0.5) is 8.78 Å². The summed E-state index contributed by atoms with van der Waals surface area (Å²) in [5.74, 6) is -1.59. The van der Waals surface area contributed by atoms with Crippen molar-refractivity contribution >= 4 is 0 Å². The zero-order valence-corrected chi connectivity index (χ0v) is 9.72. The maximum atomic E-state index is 12.9. The van der Waals surface area contributed by atoms with Crippen molar-refractivity contribution in [2.75, 3.05) is 13.2 Å². The molecule has 0 aromatic heterocycles. The minimum Gasteiger partial charge on any atom is -0.377 e. The van der Waals surface area contributed by atoms with Crippen LogP contribution < -0.4 is 5.32 Å². The van der Waals surface area contributed by atoms with E-state index in [0.29, 0.717) is 6.54 Å². The van der Waals surface area contributed by atoms with Crippen molar-refractivity contribution in [2.45, 2.75) is 31.9 Å². The fraction of sp³-hybridized carbons (Fsp3) is 0.538. The molecule has 0 aliphatic carbocycles. The van der Waals surface area contributed by atoms with Gasteiger partial charge in [0.05, 0.1) is 6.10 Å². The Kier molecular flexibility index (Phi) is 4.45. The van der Waals surface area contributed by atoms with Gasteiger partial charge in [0.1, 0.15) is 0 Å². The molecule has 1 unspecified atom stereocenters. The maximum Gasteiger partial charge on any atom is 0.159 e. The van der Waals surface area contributed by atoms with Crippen LogP contribution in [0.25, 0.3) is 0 Å². The van der Waals surface area contributed by atoms with Crippen LogP contribution in [0, 0.1) is 11.6 Å². The summed E-state index contributed by atoms with van der Waals surface area (Å²) in [6.07, 6.45) is 3.68. The van der Waals surface area contributed by atoms with Crippen molar-refractivity contribution < 1.29 is 13.5 Å². The Labute approximate surface area is 100.0 Å². The van der Waals surface area contributed by atoms with E-state index in [-0.39, 0.29) is 6.10 Å². The third-order valence-corrected chi connectivity index (χ3v) is 2.96. The lowest BCUT2D eigenvalue weighted by Gasteiger charge is -2.22. The van der Waals surface area contributed by atoms with Crippen molar-refractivity contribution in [3.63, 3.8) is 0 Å². The molecule has 1 atom stereocenters. The van der Waals surface area contributed by atoms with Gasteiger partial charge in [0, 0.05) is 19.7 Å². The summed E-state index contributed by atoms with van der Waals surface area (Å²) in [5, 5.41) is 3.20. The van der Waals surface area contributed by atoms with E-state index in [1.807, 2.05) is 0 Å². The predicted octanol–water partition coefficient (Wildman–Crippen LogP) is 2.62. The van der Waals surface area contributed by atoms with Crippen LogP contribution in [-0.4, -0.2) is 19.3 Å². The summed E-state index contributed by atoms with van der Waals surface area (Å²) < 4.78 is 31.2. The highest BCUT2D eigenvalue weighted by Crippen LogP contribution is 2.12. The largest absolute Gasteiger partial charge is 0.377 e. The van der Waals surface area contributed by atoms with Gasteiger partial charge in [-0.25, -0.2) is 8.78 Å². The second-order valence-corrected chi connectivity index (χ2v) is 4.37. The van der Waals surface area contributed by atoms with Gasteiger partial charge in [-0.2, -0.15) is 0 Å². The SMILES string of the molecule is Fc1ccc(CNCC2CCCCO2)cc1F. The normalized spacial score (nSPS) is 20.5. The first-order valence-electron chi connectivity index (χ1n) is 6.02. The quantitative estimate of drug-likeness (QED) is 0.875. The summed E-state index contributed by atoms with van der Waals surface area (Å²) >= 11 is 0. The van der Waals surface area contributed by atoms with E-state index < -0.39 is 11.6 Å². The topological polar surface area (TPSA) is 21.3 Å². The van der Waals surface area contributed by atoms with Gasteiger partial charge in [-0.1, -0.05) is 6.07 Å². The standard InChI is InChI=1S/C13H17F2NO/c14-12-5-4-10(7-13(12)15)8-16-9-11-3-1-2-6-17-11/h4-5,7,11,16H,1-3,6,8-9H2. The molecule has 17 heavy (non-hydrogen) atoms. The highest BCUT2D eigenvalue weighted by Gasteiger charge is 2.12. The lowest BCUT2D eigenvalue weighted by Crippen LogP contribution is -2.31. The first kappa shape index (κ1) is 12.5. The van der Waals surface area contributed by atoms with Gasteiger partial charge < -0.3 is 10.1 Å². The lowest BCUT2D eigenvalue weighted by molar-refractivity contribution is 0.0168. The van der Waals surface area contributed by atoms with Crippen molar-refractivity contribution in [3.8, 4) is 0 Å². The van der Waals surface area contributed by atoms with Crippen LogP contribution in [0.2, 0.25) is 0 Å². The second-order valence-electron chi connectivity index (χ2n) is 4.37. The van der Waals surface area contributed by atoms with Crippen LogP contribution in [-0.2, 0) is 11.3 Å². The Hall–Kier alpha value is -1.00. The molecule has 1 heterocycles. The summed E-state index contributed by atoms with van der Waals surface area (Å²) in [5.41, 5.74) is 0.750. The zero-order chi connectivity index (χ0) is 12.1. The molecule has 1 aliphatic rings. The molecule has 1 saturated heterocycles. The van der Waals surface area contributed by atoms with Gasteiger partial charge in [0.25, 0.3) is 0 Å². The van der Waals surface area contributed by atoms with Crippen molar-refractivity contribution in [1.29, 1.82) is 0 Å². The molecule has 0 bridgehead atoms. The average molecular weight is 241 g/mol. The maximum absolute atomic E-state index is 12.9. The minimum absolute atomic E-state index is 0.258. The minimum atomic E-state index is -0.802. The number of nitrogens with one attached hydrogen (secondary N) is 1. The molecule has 0 amide bonds. The molecule has 94 valence electrons. The Morgan fingerprint density at radius 1 is 1.24 bits per heavy atom. The van der Waals surface area contributed by atoms with Crippen LogP contribution in [0.5, 0.6) is 0 Å². The molecule has 2 nitrogen and oxygen atoms in total. The lowest BCUT2D eigenvalue weighted by atomic mass is 10.1. The second kappa shape index (κ2) is 6.07. The van der Waals surface area contributed by atoms with Gasteiger partial charge in [0.2, 0.25) is 0 Å². The summed E-state index contributed by atoms with van der Waals surface area (Å²) in [4.78, 5) is 0. The van der Waals surface area contributed by atoms with E-state index in [1.54, 1.807) is 6.07 Å². The Morgan fingerprint density at radius 2 is 2.12 bits per heavy atom. The molecule has 4 heteroatoms. The summed E-state index contributed by atoms with van der Waals surface area (Å²) in [7, 11) is 0. The van der Waals surface area contributed by atoms with Gasteiger partial charge in [-0.3, -0.25) is 0 Å². The first-order chi connectivity index (χ1) is 8.25.